The average Bonchev–Trinajstić information content (AvgIpc) is 2.48. The molecule has 0 bridgehead atoms. The lowest BCUT2D eigenvalue weighted by Gasteiger charge is -2.20. The SMILES string of the molecule is CN(CC(=O)Nc1ccccc1)CC(O)c1ccc(F)cc1. The summed E-state index contributed by atoms with van der Waals surface area (Å²) in [5, 5.41) is 12.9. The lowest BCUT2D eigenvalue weighted by molar-refractivity contribution is -0.117. The number of likely N-dealkylation sites (N-methyl/N-ethyl adjacent to an activating group) is 1. The van der Waals surface area contributed by atoms with Crippen molar-refractivity contribution in [3.63, 3.8) is 0 Å². The Labute approximate surface area is 129 Å². The lowest BCUT2D eigenvalue weighted by atomic mass is 10.1. The molecule has 0 aromatic heterocycles. The van der Waals surface area contributed by atoms with Crippen molar-refractivity contribution in [1.82, 2.24) is 4.90 Å². The second-order valence-electron chi connectivity index (χ2n) is 5.18. The molecular weight excluding hydrogens is 283 g/mol. The van der Waals surface area contributed by atoms with Crippen LogP contribution in [0, 0.1) is 5.82 Å². The normalized spacial score (nSPS) is 12.2. The van der Waals surface area contributed by atoms with Crippen LogP contribution in [0.15, 0.2) is 54.6 Å². The van der Waals surface area contributed by atoms with Gasteiger partial charge >= 0.3 is 0 Å². The molecule has 0 aliphatic rings. The van der Waals surface area contributed by atoms with E-state index in [-0.39, 0.29) is 24.8 Å². The van der Waals surface area contributed by atoms with Crippen LogP contribution in [0.25, 0.3) is 0 Å². The van der Waals surface area contributed by atoms with Crippen molar-refractivity contribution in [2.24, 2.45) is 0 Å². The summed E-state index contributed by atoms with van der Waals surface area (Å²) in [7, 11) is 1.75. The summed E-state index contributed by atoms with van der Waals surface area (Å²) in [4.78, 5) is 13.6. The van der Waals surface area contributed by atoms with Gasteiger partial charge in [-0.2, -0.15) is 0 Å². The fraction of sp³-hybridized carbons (Fsp3) is 0.235. The molecule has 0 saturated heterocycles. The van der Waals surface area contributed by atoms with Gasteiger partial charge in [-0.3, -0.25) is 9.69 Å². The summed E-state index contributed by atoms with van der Waals surface area (Å²) >= 11 is 0. The average molecular weight is 302 g/mol. The third-order valence-electron chi connectivity index (χ3n) is 3.21. The van der Waals surface area contributed by atoms with Crippen LogP contribution in [0.5, 0.6) is 0 Å². The van der Waals surface area contributed by atoms with Crippen LogP contribution in [0.4, 0.5) is 10.1 Å². The number of hydrogen-bond donors (Lipinski definition) is 2. The van der Waals surface area contributed by atoms with Crippen molar-refractivity contribution in [2.75, 3.05) is 25.5 Å². The third kappa shape index (κ3) is 4.95. The summed E-state index contributed by atoms with van der Waals surface area (Å²) < 4.78 is 12.8. The zero-order valence-electron chi connectivity index (χ0n) is 12.4. The number of aliphatic hydroxyl groups is 1. The monoisotopic (exact) mass is 302 g/mol. The van der Waals surface area contributed by atoms with Gasteiger partial charge in [-0.1, -0.05) is 30.3 Å². The number of aliphatic hydroxyl groups excluding tert-OH is 1. The predicted molar refractivity (Wildman–Crippen MR) is 83.9 cm³/mol. The largest absolute Gasteiger partial charge is 0.387 e. The van der Waals surface area contributed by atoms with E-state index in [9.17, 15) is 14.3 Å². The number of nitrogens with zero attached hydrogens (tertiary/aromatic N) is 1. The molecule has 2 aromatic carbocycles. The lowest BCUT2D eigenvalue weighted by Crippen LogP contribution is -2.33. The Morgan fingerprint density at radius 2 is 1.82 bits per heavy atom. The molecular formula is C17H19FN2O2. The maximum atomic E-state index is 12.8. The van der Waals surface area contributed by atoms with Crippen LogP contribution >= 0.6 is 0 Å². The van der Waals surface area contributed by atoms with E-state index >= 15 is 0 Å². The molecule has 0 heterocycles. The molecule has 22 heavy (non-hydrogen) atoms. The number of carbonyl (C=O) groups is 1. The molecule has 2 N–H and O–H groups in total. The first kappa shape index (κ1) is 16.1. The molecule has 1 unspecified atom stereocenters. The molecule has 4 nitrogen and oxygen atoms in total. The highest BCUT2D eigenvalue weighted by molar-refractivity contribution is 5.92. The van der Waals surface area contributed by atoms with Crippen LogP contribution in [-0.2, 0) is 4.79 Å². The molecule has 0 saturated carbocycles. The predicted octanol–water partition coefficient (Wildman–Crippen LogP) is 2.43. The molecule has 116 valence electrons. The van der Waals surface area contributed by atoms with Crippen molar-refractivity contribution in [2.45, 2.75) is 6.10 Å². The number of halogens is 1. The van der Waals surface area contributed by atoms with Crippen LogP contribution in [0.3, 0.4) is 0 Å². The zero-order chi connectivity index (χ0) is 15.9. The van der Waals surface area contributed by atoms with E-state index < -0.39 is 6.10 Å². The smallest absolute Gasteiger partial charge is 0.238 e. The highest BCUT2D eigenvalue weighted by Crippen LogP contribution is 2.14. The molecule has 0 aliphatic carbocycles. The second kappa shape index (κ2) is 7.68. The molecule has 0 radical (unpaired) electrons. The summed E-state index contributed by atoms with van der Waals surface area (Å²) in [6.45, 7) is 0.445. The van der Waals surface area contributed by atoms with E-state index in [1.807, 2.05) is 30.3 Å². The van der Waals surface area contributed by atoms with Crippen LogP contribution in [0.1, 0.15) is 11.7 Å². The van der Waals surface area contributed by atoms with Crippen molar-refractivity contribution in [3.8, 4) is 0 Å². The molecule has 5 heteroatoms. The number of nitrogens with one attached hydrogen (secondary N) is 1. The number of carbonyl (C=O) groups excluding carboxylic acids is 1. The Morgan fingerprint density at radius 1 is 1.18 bits per heavy atom. The van der Waals surface area contributed by atoms with Crippen LogP contribution < -0.4 is 5.32 Å². The number of benzene rings is 2. The summed E-state index contributed by atoms with van der Waals surface area (Å²) in [6.07, 6.45) is -0.768. The van der Waals surface area contributed by atoms with Crippen molar-refractivity contribution < 1.29 is 14.3 Å². The van der Waals surface area contributed by atoms with Crippen LogP contribution in [0.2, 0.25) is 0 Å². The van der Waals surface area contributed by atoms with Gasteiger partial charge in [-0.05, 0) is 36.9 Å². The first-order valence-corrected chi connectivity index (χ1v) is 7.01. The highest BCUT2D eigenvalue weighted by atomic mass is 19.1. The van der Waals surface area contributed by atoms with Gasteiger partial charge in [0.1, 0.15) is 5.82 Å². The van der Waals surface area contributed by atoms with E-state index in [1.54, 1.807) is 11.9 Å². The van der Waals surface area contributed by atoms with E-state index in [2.05, 4.69) is 5.32 Å². The quantitative estimate of drug-likeness (QED) is 0.861. The minimum atomic E-state index is -0.768. The van der Waals surface area contributed by atoms with Gasteiger partial charge in [0.15, 0.2) is 0 Å². The molecule has 2 rings (SSSR count). The molecule has 0 aliphatic heterocycles. The molecule has 1 atom stereocenters. The third-order valence-corrected chi connectivity index (χ3v) is 3.21. The highest BCUT2D eigenvalue weighted by Gasteiger charge is 2.13. The summed E-state index contributed by atoms with van der Waals surface area (Å²) in [5.41, 5.74) is 1.36. The fourth-order valence-corrected chi connectivity index (χ4v) is 2.12. The fourth-order valence-electron chi connectivity index (χ4n) is 2.12. The topological polar surface area (TPSA) is 52.6 Å². The maximum Gasteiger partial charge on any atom is 0.238 e. The first-order valence-electron chi connectivity index (χ1n) is 7.01. The van der Waals surface area contributed by atoms with E-state index in [0.717, 1.165) is 5.69 Å². The van der Waals surface area contributed by atoms with Gasteiger partial charge in [0.2, 0.25) is 5.91 Å². The van der Waals surface area contributed by atoms with E-state index in [4.69, 9.17) is 0 Å². The van der Waals surface area contributed by atoms with E-state index in [0.29, 0.717) is 5.56 Å². The van der Waals surface area contributed by atoms with Gasteiger partial charge in [0, 0.05) is 12.2 Å². The zero-order valence-corrected chi connectivity index (χ0v) is 12.4. The molecule has 1 amide bonds. The second-order valence-corrected chi connectivity index (χ2v) is 5.18. The number of amides is 1. The van der Waals surface area contributed by atoms with Crippen LogP contribution in [-0.4, -0.2) is 36.1 Å². The minimum absolute atomic E-state index is 0.153. The number of hydrogen-bond acceptors (Lipinski definition) is 3. The number of rotatable bonds is 6. The van der Waals surface area contributed by atoms with Crippen molar-refractivity contribution in [3.05, 3.63) is 66.0 Å². The maximum absolute atomic E-state index is 12.8. The van der Waals surface area contributed by atoms with Gasteiger partial charge in [-0.15, -0.1) is 0 Å². The number of anilines is 1. The van der Waals surface area contributed by atoms with Gasteiger partial charge in [0.05, 0.1) is 12.6 Å². The van der Waals surface area contributed by atoms with Gasteiger partial charge in [-0.25, -0.2) is 4.39 Å². The van der Waals surface area contributed by atoms with Gasteiger partial charge < -0.3 is 10.4 Å². The molecule has 0 spiro atoms. The van der Waals surface area contributed by atoms with Gasteiger partial charge in [0.25, 0.3) is 0 Å². The van der Waals surface area contributed by atoms with E-state index in [1.165, 1.54) is 24.3 Å². The minimum Gasteiger partial charge on any atom is -0.387 e. The Kier molecular flexibility index (Phi) is 5.63. The molecule has 2 aromatic rings. The first-order chi connectivity index (χ1) is 10.5. The summed E-state index contributed by atoms with van der Waals surface area (Å²) in [6, 6.07) is 14.9. The Morgan fingerprint density at radius 3 is 2.45 bits per heavy atom. The standard InChI is InChI=1S/C17H19FN2O2/c1-20(11-16(21)13-7-9-14(18)10-8-13)12-17(22)19-15-5-3-2-4-6-15/h2-10,16,21H,11-12H2,1H3,(H,19,22). The van der Waals surface area contributed by atoms with Crippen molar-refractivity contribution >= 4 is 11.6 Å². The molecule has 0 fully saturated rings. The van der Waals surface area contributed by atoms with Crippen molar-refractivity contribution in [1.29, 1.82) is 0 Å². The Bertz CT molecular complexity index is 602. The summed E-state index contributed by atoms with van der Waals surface area (Å²) in [5.74, 6) is -0.494. The Hall–Kier alpha value is -2.24. The number of para-hydroxylation sites is 1. The Balaban J connectivity index is 1.83.